The number of carbonyl (C=O) groups excluding carboxylic acids is 2. The first kappa shape index (κ1) is 17.3. The highest BCUT2D eigenvalue weighted by Crippen LogP contribution is 2.15. The molecule has 1 aliphatic rings. The van der Waals surface area contributed by atoms with Gasteiger partial charge in [0.1, 0.15) is 6.04 Å². The molecule has 2 N–H and O–H groups in total. The summed E-state index contributed by atoms with van der Waals surface area (Å²) in [6, 6.07) is 4.77. The molecule has 1 saturated heterocycles. The van der Waals surface area contributed by atoms with Crippen molar-refractivity contribution in [2.75, 3.05) is 18.0 Å². The number of carbonyl (C=O) groups is 2. The molecule has 0 aromatic carbocycles. The van der Waals surface area contributed by atoms with Crippen molar-refractivity contribution < 1.29 is 9.59 Å². The molecule has 2 atom stereocenters. The fourth-order valence-corrected chi connectivity index (χ4v) is 3.43. The predicted octanol–water partition coefficient (Wildman–Crippen LogP) is 1.44. The van der Waals surface area contributed by atoms with Crippen LogP contribution in [0.4, 0.5) is 5.95 Å². The fourth-order valence-electron chi connectivity index (χ4n) is 2.80. The van der Waals surface area contributed by atoms with Gasteiger partial charge in [0.25, 0.3) is 5.91 Å². The van der Waals surface area contributed by atoms with Gasteiger partial charge in [-0.25, -0.2) is 9.97 Å². The minimum atomic E-state index is -0.585. The first-order valence-electron chi connectivity index (χ1n) is 8.30. The number of nitrogens with one attached hydrogen (secondary N) is 2. The quantitative estimate of drug-likeness (QED) is 0.844. The van der Waals surface area contributed by atoms with Crippen LogP contribution in [0.15, 0.2) is 36.0 Å². The molecule has 1 aliphatic heterocycles. The van der Waals surface area contributed by atoms with Gasteiger partial charge < -0.3 is 15.5 Å². The fraction of sp³-hybridized carbons (Fsp3) is 0.412. The summed E-state index contributed by atoms with van der Waals surface area (Å²) in [5.41, 5.74) is 0. The molecule has 2 aromatic rings. The van der Waals surface area contributed by atoms with Crippen molar-refractivity contribution in [3.05, 3.63) is 40.8 Å². The van der Waals surface area contributed by atoms with E-state index in [1.54, 1.807) is 31.5 Å². The lowest BCUT2D eigenvalue weighted by molar-refractivity contribution is -0.123. The van der Waals surface area contributed by atoms with E-state index < -0.39 is 6.04 Å². The van der Waals surface area contributed by atoms with E-state index in [0.29, 0.717) is 17.4 Å². The van der Waals surface area contributed by atoms with E-state index in [2.05, 4.69) is 25.5 Å². The summed E-state index contributed by atoms with van der Waals surface area (Å²) in [5.74, 6) is 0.284. The van der Waals surface area contributed by atoms with Gasteiger partial charge in [-0.05, 0) is 37.3 Å². The lowest BCUT2D eigenvalue weighted by Crippen LogP contribution is -2.53. The first-order valence-corrected chi connectivity index (χ1v) is 9.18. The first-order chi connectivity index (χ1) is 12.1. The number of anilines is 1. The molecule has 2 aromatic heterocycles. The molecule has 2 unspecified atom stereocenters. The van der Waals surface area contributed by atoms with E-state index in [-0.39, 0.29) is 17.9 Å². The third-order valence-electron chi connectivity index (χ3n) is 4.09. The summed E-state index contributed by atoms with van der Waals surface area (Å²) < 4.78 is 0. The van der Waals surface area contributed by atoms with Gasteiger partial charge in [-0.1, -0.05) is 6.07 Å². The topological polar surface area (TPSA) is 87.2 Å². The number of nitrogens with zero attached hydrogens (tertiary/aromatic N) is 3. The van der Waals surface area contributed by atoms with Crippen LogP contribution < -0.4 is 15.5 Å². The minimum Gasteiger partial charge on any atom is -0.350 e. The average molecular weight is 359 g/mol. The SMILES string of the molecule is CC(NC(=O)c1cccs1)C(=O)NC1CCCN(c2ncccn2)C1. The molecule has 0 radical (unpaired) electrons. The molecule has 25 heavy (non-hydrogen) atoms. The van der Waals surface area contributed by atoms with E-state index in [4.69, 9.17) is 0 Å². The number of aromatic nitrogens is 2. The Balaban J connectivity index is 1.52. The Labute approximate surface area is 150 Å². The smallest absolute Gasteiger partial charge is 0.261 e. The van der Waals surface area contributed by atoms with Gasteiger partial charge in [0, 0.05) is 31.5 Å². The van der Waals surface area contributed by atoms with Crippen molar-refractivity contribution >= 4 is 29.1 Å². The van der Waals surface area contributed by atoms with Gasteiger partial charge in [-0.3, -0.25) is 9.59 Å². The van der Waals surface area contributed by atoms with Gasteiger partial charge in [0.2, 0.25) is 11.9 Å². The van der Waals surface area contributed by atoms with Gasteiger partial charge in [-0.2, -0.15) is 0 Å². The van der Waals surface area contributed by atoms with Crippen molar-refractivity contribution in [3.8, 4) is 0 Å². The number of piperidine rings is 1. The maximum Gasteiger partial charge on any atom is 0.261 e. The maximum atomic E-state index is 12.4. The zero-order valence-corrected chi connectivity index (χ0v) is 14.8. The van der Waals surface area contributed by atoms with Crippen LogP contribution in [0, 0.1) is 0 Å². The second-order valence-electron chi connectivity index (χ2n) is 6.01. The molecule has 0 spiro atoms. The van der Waals surface area contributed by atoms with Crippen LogP contribution in [-0.4, -0.2) is 47.0 Å². The monoisotopic (exact) mass is 359 g/mol. The highest BCUT2D eigenvalue weighted by atomic mass is 32.1. The summed E-state index contributed by atoms with van der Waals surface area (Å²) in [7, 11) is 0. The van der Waals surface area contributed by atoms with Crippen LogP contribution >= 0.6 is 11.3 Å². The normalized spacial score (nSPS) is 18.4. The summed E-state index contributed by atoms with van der Waals surface area (Å²) in [6.07, 6.45) is 5.29. The van der Waals surface area contributed by atoms with Crippen LogP contribution in [-0.2, 0) is 4.79 Å². The van der Waals surface area contributed by atoms with Crippen molar-refractivity contribution in [2.45, 2.75) is 31.8 Å². The molecule has 0 bridgehead atoms. The van der Waals surface area contributed by atoms with Crippen molar-refractivity contribution in [1.82, 2.24) is 20.6 Å². The molecule has 7 nitrogen and oxygen atoms in total. The molecule has 1 fully saturated rings. The third kappa shape index (κ3) is 4.54. The summed E-state index contributed by atoms with van der Waals surface area (Å²) >= 11 is 1.35. The molecule has 3 heterocycles. The Morgan fingerprint density at radius 3 is 2.84 bits per heavy atom. The number of amides is 2. The van der Waals surface area contributed by atoms with Gasteiger partial charge in [0.05, 0.1) is 4.88 Å². The van der Waals surface area contributed by atoms with Crippen LogP contribution in [0.5, 0.6) is 0 Å². The van der Waals surface area contributed by atoms with Crippen molar-refractivity contribution in [1.29, 1.82) is 0 Å². The molecule has 132 valence electrons. The zero-order chi connectivity index (χ0) is 17.6. The van der Waals surface area contributed by atoms with Gasteiger partial charge in [0.15, 0.2) is 0 Å². The van der Waals surface area contributed by atoms with Crippen LogP contribution in [0.2, 0.25) is 0 Å². The number of thiophene rings is 1. The third-order valence-corrected chi connectivity index (χ3v) is 4.96. The van der Waals surface area contributed by atoms with E-state index in [1.807, 2.05) is 11.4 Å². The molecular weight excluding hydrogens is 338 g/mol. The van der Waals surface area contributed by atoms with Crippen LogP contribution in [0.1, 0.15) is 29.4 Å². The Bertz CT molecular complexity index is 707. The summed E-state index contributed by atoms with van der Waals surface area (Å²) in [4.78, 5) is 35.6. The largest absolute Gasteiger partial charge is 0.350 e. The molecule has 0 saturated carbocycles. The molecule has 8 heteroatoms. The van der Waals surface area contributed by atoms with E-state index in [1.165, 1.54) is 11.3 Å². The van der Waals surface area contributed by atoms with E-state index in [0.717, 1.165) is 19.4 Å². The second kappa shape index (κ2) is 8.06. The van der Waals surface area contributed by atoms with Crippen LogP contribution in [0.3, 0.4) is 0 Å². The minimum absolute atomic E-state index is 0.0196. The predicted molar refractivity (Wildman–Crippen MR) is 96.7 cm³/mol. The Hall–Kier alpha value is -2.48. The lowest BCUT2D eigenvalue weighted by Gasteiger charge is -2.33. The second-order valence-corrected chi connectivity index (χ2v) is 6.96. The molecule has 2 amide bonds. The maximum absolute atomic E-state index is 12.4. The van der Waals surface area contributed by atoms with Gasteiger partial charge in [-0.15, -0.1) is 11.3 Å². The lowest BCUT2D eigenvalue weighted by atomic mass is 10.1. The average Bonchev–Trinajstić information content (AvgIpc) is 3.17. The number of rotatable bonds is 5. The highest BCUT2D eigenvalue weighted by molar-refractivity contribution is 7.12. The highest BCUT2D eigenvalue weighted by Gasteiger charge is 2.25. The summed E-state index contributed by atoms with van der Waals surface area (Å²) in [5, 5.41) is 7.59. The summed E-state index contributed by atoms with van der Waals surface area (Å²) in [6.45, 7) is 3.24. The van der Waals surface area contributed by atoms with Crippen LogP contribution in [0.25, 0.3) is 0 Å². The molecular formula is C17H21N5O2S. The number of hydrogen-bond acceptors (Lipinski definition) is 6. The zero-order valence-electron chi connectivity index (χ0n) is 14.0. The Morgan fingerprint density at radius 1 is 1.32 bits per heavy atom. The standard InChI is InChI=1S/C17H21N5O2S/c1-12(20-16(24)14-6-3-10-25-14)15(23)21-13-5-2-9-22(11-13)17-18-7-4-8-19-17/h3-4,6-8,10,12-13H,2,5,9,11H2,1H3,(H,20,24)(H,21,23). The van der Waals surface area contributed by atoms with E-state index in [9.17, 15) is 9.59 Å². The Morgan fingerprint density at radius 2 is 2.12 bits per heavy atom. The van der Waals surface area contributed by atoms with E-state index >= 15 is 0 Å². The molecule has 3 rings (SSSR count). The van der Waals surface area contributed by atoms with Gasteiger partial charge >= 0.3 is 0 Å². The molecule has 0 aliphatic carbocycles. The van der Waals surface area contributed by atoms with Crippen molar-refractivity contribution in [2.24, 2.45) is 0 Å². The number of hydrogen-bond donors (Lipinski definition) is 2. The Kier molecular flexibility index (Phi) is 5.60. The van der Waals surface area contributed by atoms with Crippen molar-refractivity contribution in [3.63, 3.8) is 0 Å².